The molecule has 0 saturated carbocycles. The molecule has 0 radical (unpaired) electrons. The molecule has 1 aromatic carbocycles. The minimum atomic E-state index is -0.533. The summed E-state index contributed by atoms with van der Waals surface area (Å²) >= 11 is 0. The average molecular weight is 331 g/mol. The highest BCUT2D eigenvalue weighted by Gasteiger charge is 2.39. The molecule has 4 amide bonds. The Morgan fingerprint density at radius 2 is 1.79 bits per heavy atom. The number of amides is 4. The number of hydrogen-bond donors (Lipinski definition) is 1. The van der Waals surface area contributed by atoms with E-state index in [-0.39, 0.29) is 30.3 Å². The molecule has 1 unspecified atom stereocenters. The van der Waals surface area contributed by atoms with Crippen molar-refractivity contribution in [3.05, 3.63) is 30.3 Å². The van der Waals surface area contributed by atoms with Gasteiger partial charge in [0.2, 0.25) is 5.91 Å². The summed E-state index contributed by atoms with van der Waals surface area (Å²) in [6.07, 6.45) is 0.571. The van der Waals surface area contributed by atoms with E-state index in [1.165, 1.54) is 0 Å². The Bertz CT molecular complexity index is 613. The number of hydrogen-bond acceptors (Lipinski definition) is 3. The highest BCUT2D eigenvalue weighted by atomic mass is 16.2. The van der Waals surface area contributed by atoms with Gasteiger partial charge in [-0.25, -0.2) is 4.79 Å². The van der Waals surface area contributed by atoms with Crippen LogP contribution in [0.5, 0.6) is 0 Å². The lowest BCUT2D eigenvalue weighted by Crippen LogP contribution is -2.46. The SMILES string of the molecule is CC(C)CC1NC(=O)N(CC(=O)N(c2ccccc2)C(C)C)C1=O. The van der Waals surface area contributed by atoms with Gasteiger partial charge < -0.3 is 10.2 Å². The van der Waals surface area contributed by atoms with Crippen molar-refractivity contribution in [2.24, 2.45) is 5.92 Å². The second-order valence-electron chi connectivity index (χ2n) is 6.75. The van der Waals surface area contributed by atoms with Crippen LogP contribution in [0.4, 0.5) is 10.5 Å². The first kappa shape index (κ1) is 18.0. The van der Waals surface area contributed by atoms with Crippen LogP contribution in [0.25, 0.3) is 0 Å². The molecule has 24 heavy (non-hydrogen) atoms. The number of nitrogens with one attached hydrogen (secondary N) is 1. The standard InChI is InChI=1S/C18H25N3O3/c1-12(2)10-15-17(23)20(18(24)19-15)11-16(22)21(13(3)4)14-8-6-5-7-9-14/h5-9,12-13,15H,10-11H2,1-4H3,(H,19,24). The Morgan fingerprint density at radius 1 is 1.17 bits per heavy atom. The molecule has 1 aliphatic heterocycles. The third kappa shape index (κ3) is 3.93. The van der Waals surface area contributed by atoms with E-state index < -0.39 is 12.1 Å². The van der Waals surface area contributed by atoms with Crippen molar-refractivity contribution in [2.45, 2.75) is 46.2 Å². The van der Waals surface area contributed by atoms with Gasteiger partial charge in [-0.05, 0) is 38.3 Å². The van der Waals surface area contributed by atoms with Crippen molar-refractivity contribution in [2.75, 3.05) is 11.4 Å². The van der Waals surface area contributed by atoms with Gasteiger partial charge in [0.05, 0.1) is 0 Å². The van der Waals surface area contributed by atoms with Gasteiger partial charge in [-0.3, -0.25) is 14.5 Å². The largest absolute Gasteiger partial charge is 0.326 e. The van der Waals surface area contributed by atoms with Crippen LogP contribution in [-0.2, 0) is 9.59 Å². The highest BCUT2D eigenvalue weighted by molar-refractivity contribution is 6.08. The van der Waals surface area contributed by atoms with Crippen molar-refractivity contribution < 1.29 is 14.4 Å². The summed E-state index contributed by atoms with van der Waals surface area (Å²) in [5, 5.41) is 2.67. The van der Waals surface area contributed by atoms with E-state index >= 15 is 0 Å². The fourth-order valence-corrected chi connectivity index (χ4v) is 2.89. The summed E-state index contributed by atoms with van der Waals surface area (Å²) in [5.41, 5.74) is 0.753. The zero-order valence-electron chi connectivity index (χ0n) is 14.7. The summed E-state index contributed by atoms with van der Waals surface area (Å²) in [5.74, 6) is -0.310. The molecule has 1 saturated heterocycles. The predicted molar refractivity (Wildman–Crippen MR) is 92.6 cm³/mol. The highest BCUT2D eigenvalue weighted by Crippen LogP contribution is 2.19. The van der Waals surface area contributed by atoms with E-state index in [0.29, 0.717) is 6.42 Å². The first-order valence-electron chi connectivity index (χ1n) is 8.30. The zero-order chi connectivity index (χ0) is 17.9. The fraction of sp³-hybridized carbons (Fsp3) is 0.500. The maximum absolute atomic E-state index is 12.7. The number of para-hydroxylation sites is 1. The maximum Gasteiger partial charge on any atom is 0.325 e. The van der Waals surface area contributed by atoms with E-state index in [0.717, 1.165) is 10.6 Å². The first-order chi connectivity index (χ1) is 11.3. The molecule has 1 atom stereocenters. The second-order valence-corrected chi connectivity index (χ2v) is 6.75. The number of rotatable bonds is 6. The lowest BCUT2D eigenvalue weighted by atomic mass is 10.0. The predicted octanol–water partition coefficient (Wildman–Crippen LogP) is 2.39. The average Bonchev–Trinajstić information content (AvgIpc) is 2.75. The quantitative estimate of drug-likeness (QED) is 0.814. The van der Waals surface area contributed by atoms with Gasteiger partial charge in [0.1, 0.15) is 12.6 Å². The number of anilines is 1. The molecule has 1 fully saturated rings. The van der Waals surface area contributed by atoms with E-state index in [9.17, 15) is 14.4 Å². The molecule has 1 N–H and O–H groups in total. The van der Waals surface area contributed by atoms with Crippen LogP contribution in [0.2, 0.25) is 0 Å². The first-order valence-corrected chi connectivity index (χ1v) is 8.30. The molecule has 0 aliphatic carbocycles. The number of nitrogens with zero attached hydrogens (tertiary/aromatic N) is 2. The summed E-state index contributed by atoms with van der Waals surface area (Å²) in [6.45, 7) is 7.54. The van der Waals surface area contributed by atoms with E-state index in [1.807, 2.05) is 58.0 Å². The minimum absolute atomic E-state index is 0.0767. The number of imide groups is 1. The number of carbonyl (C=O) groups excluding carboxylic acids is 3. The van der Waals surface area contributed by atoms with Crippen molar-refractivity contribution >= 4 is 23.5 Å². The number of carbonyl (C=O) groups is 3. The van der Waals surface area contributed by atoms with Crippen molar-refractivity contribution in [3.63, 3.8) is 0 Å². The minimum Gasteiger partial charge on any atom is -0.326 e. The third-order valence-electron chi connectivity index (χ3n) is 3.93. The summed E-state index contributed by atoms with van der Waals surface area (Å²) < 4.78 is 0. The summed E-state index contributed by atoms with van der Waals surface area (Å²) in [6, 6.07) is 8.16. The third-order valence-corrected chi connectivity index (χ3v) is 3.93. The van der Waals surface area contributed by atoms with Crippen LogP contribution in [0.3, 0.4) is 0 Å². The summed E-state index contributed by atoms with van der Waals surface area (Å²) in [7, 11) is 0. The lowest BCUT2D eigenvalue weighted by Gasteiger charge is -2.28. The van der Waals surface area contributed by atoms with E-state index in [1.54, 1.807) is 4.90 Å². The Morgan fingerprint density at radius 3 is 2.33 bits per heavy atom. The number of benzene rings is 1. The maximum atomic E-state index is 12.7. The monoisotopic (exact) mass is 331 g/mol. The van der Waals surface area contributed by atoms with Crippen LogP contribution >= 0.6 is 0 Å². The van der Waals surface area contributed by atoms with Gasteiger partial charge in [0, 0.05) is 11.7 Å². The molecule has 1 aliphatic rings. The van der Waals surface area contributed by atoms with E-state index in [4.69, 9.17) is 0 Å². The molecule has 1 aromatic rings. The Hall–Kier alpha value is -2.37. The van der Waals surface area contributed by atoms with Gasteiger partial charge in [0.15, 0.2) is 0 Å². The van der Waals surface area contributed by atoms with Crippen LogP contribution in [-0.4, -0.2) is 41.4 Å². The fourth-order valence-electron chi connectivity index (χ4n) is 2.89. The second kappa shape index (κ2) is 7.47. The lowest BCUT2D eigenvalue weighted by molar-refractivity contribution is -0.131. The molecule has 0 aromatic heterocycles. The molecule has 1 heterocycles. The molecular weight excluding hydrogens is 306 g/mol. The van der Waals surface area contributed by atoms with E-state index in [2.05, 4.69) is 5.32 Å². The topological polar surface area (TPSA) is 69.7 Å². The smallest absolute Gasteiger partial charge is 0.325 e. The van der Waals surface area contributed by atoms with Crippen LogP contribution < -0.4 is 10.2 Å². The Balaban J connectivity index is 2.12. The summed E-state index contributed by atoms with van der Waals surface area (Å²) in [4.78, 5) is 39.8. The number of urea groups is 1. The molecule has 0 spiro atoms. The van der Waals surface area contributed by atoms with Crippen molar-refractivity contribution in [1.82, 2.24) is 10.2 Å². The van der Waals surface area contributed by atoms with Crippen molar-refractivity contribution in [1.29, 1.82) is 0 Å². The molecule has 6 heteroatoms. The molecule has 2 rings (SSSR count). The van der Waals surface area contributed by atoms with Crippen LogP contribution in [0, 0.1) is 5.92 Å². The van der Waals surface area contributed by atoms with Gasteiger partial charge in [0.25, 0.3) is 5.91 Å². The van der Waals surface area contributed by atoms with Crippen LogP contribution in [0.1, 0.15) is 34.1 Å². The van der Waals surface area contributed by atoms with Crippen molar-refractivity contribution in [3.8, 4) is 0 Å². The zero-order valence-corrected chi connectivity index (χ0v) is 14.7. The van der Waals surface area contributed by atoms with Gasteiger partial charge in [-0.1, -0.05) is 32.0 Å². The van der Waals surface area contributed by atoms with Gasteiger partial charge in [-0.2, -0.15) is 0 Å². The van der Waals surface area contributed by atoms with Gasteiger partial charge in [-0.15, -0.1) is 0 Å². The van der Waals surface area contributed by atoms with Gasteiger partial charge >= 0.3 is 6.03 Å². The molecule has 0 bridgehead atoms. The normalized spacial score (nSPS) is 17.6. The van der Waals surface area contributed by atoms with Crippen LogP contribution in [0.15, 0.2) is 30.3 Å². The molecular formula is C18H25N3O3. The molecule has 130 valence electrons. The Labute approximate surface area is 142 Å². The molecule has 6 nitrogen and oxygen atoms in total. The Kier molecular flexibility index (Phi) is 5.59.